The van der Waals surface area contributed by atoms with Crippen LogP contribution in [0.4, 0.5) is 0 Å². The van der Waals surface area contributed by atoms with Crippen molar-refractivity contribution in [2.24, 2.45) is 0 Å². The molecule has 0 saturated heterocycles. The summed E-state index contributed by atoms with van der Waals surface area (Å²) in [6.45, 7) is 0. The Hall–Kier alpha value is -1.03. The molecule has 98 valence electrons. The molecule has 0 spiro atoms. The van der Waals surface area contributed by atoms with E-state index in [1.807, 2.05) is 6.07 Å². The third kappa shape index (κ3) is 3.25. The molecule has 1 fully saturated rings. The van der Waals surface area contributed by atoms with Gasteiger partial charge in [0.1, 0.15) is 0 Å². The van der Waals surface area contributed by atoms with Crippen LogP contribution in [-0.2, 0) is 8.57 Å². The Bertz CT molecular complexity index is 432. The molecule has 4 nitrogen and oxygen atoms in total. The number of carbonyl (C=O) groups is 1. The molecule has 1 aliphatic rings. The summed E-state index contributed by atoms with van der Waals surface area (Å²) < 4.78 is 26.0. The fourth-order valence-electron chi connectivity index (χ4n) is 2.21. The maximum atomic E-state index is 11.9. The summed E-state index contributed by atoms with van der Waals surface area (Å²) in [6, 6.07) is 8.73. The molecule has 0 amide bonds. The van der Waals surface area contributed by atoms with Crippen LogP contribution < -0.4 is 0 Å². The van der Waals surface area contributed by atoms with Gasteiger partial charge < -0.3 is 0 Å². The van der Waals surface area contributed by atoms with Gasteiger partial charge in [-0.2, -0.15) is 0 Å². The van der Waals surface area contributed by atoms with Crippen LogP contribution in [0.1, 0.15) is 36.0 Å². The first kappa shape index (κ1) is 13.4. The van der Waals surface area contributed by atoms with Crippen molar-refractivity contribution in [3.05, 3.63) is 35.9 Å². The number of rotatable bonds is 3. The van der Waals surface area contributed by atoms with E-state index in [-0.39, 0.29) is 4.82 Å². The van der Waals surface area contributed by atoms with E-state index in [0.717, 1.165) is 12.8 Å². The molecule has 2 rings (SSSR count). The molecule has 18 heavy (non-hydrogen) atoms. The molecule has 1 aliphatic carbocycles. The normalized spacial score (nSPS) is 25.4. The van der Waals surface area contributed by atoms with Crippen molar-refractivity contribution in [3.8, 4) is 0 Å². The summed E-state index contributed by atoms with van der Waals surface area (Å²) in [5.74, 6) is -0.403. The Morgan fingerprint density at radius 1 is 1.22 bits per heavy atom. The number of esters is 1. The molecule has 0 aliphatic heterocycles. The molecule has 0 heterocycles. The molecule has 3 unspecified atom stereocenters. The van der Waals surface area contributed by atoms with Crippen LogP contribution in [0.2, 0.25) is 4.82 Å². The van der Waals surface area contributed by atoms with Gasteiger partial charge in [0.15, 0.2) is 0 Å². The minimum atomic E-state index is -2.86. The van der Waals surface area contributed by atoms with Gasteiger partial charge in [-0.25, -0.2) is 0 Å². The molecule has 1 saturated carbocycles. The SMILES string of the molecule is O=C(OC1CCCCC1[Se](=O)O)c1ccccc1. The van der Waals surface area contributed by atoms with E-state index in [1.165, 1.54) is 0 Å². The second kappa shape index (κ2) is 6.23. The molecule has 3 atom stereocenters. The Kier molecular flexibility index (Phi) is 4.64. The van der Waals surface area contributed by atoms with Crippen LogP contribution in [-0.4, -0.2) is 30.4 Å². The average Bonchev–Trinajstić information content (AvgIpc) is 2.40. The molecule has 1 aromatic rings. The van der Waals surface area contributed by atoms with Gasteiger partial charge in [-0.1, -0.05) is 0 Å². The van der Waals surface area contributed by atoms with E-state index in [9.17, 15) is 12.8 Å². The van der Waals surface area contributed by atoms with E-state index in [1.54, 1.807) is 24.3 Å². The second-order valence-corrected chi connectivity index (χ2v) is 6.84. The first-order chi connectivity index (χ1) is 8.68. The third-order valence-corrected chi connectivity index (χ3v) is 5.39. The second-order valence-electron chi connectivity index (χ2n) is 4.41. The van der Waals surface area contributed by atoms with Crippen LogP contribution in [0.5, 0.6) is 0 Å². The molecular weight excluding hydrogens is 299 g/mol. The van der Waals surface area contributed by atoms with Crippen LogP contribution in [0, 0.1) is 0 Å². The molecule has 0 radical (unpaired) electrons. The summed E-state index contributed by atoms with van der Waals surface area (Å²) in [5, 5.41) is 0. The monoisotopic (exact) mass is 316 g/mol. The quantitative estimate of drug-likeness (QED) is 0.685. The van der Waals surface area contributed by atoms with E-state index in [0.29, 0.717) is 18.4 Å². The Morgan fingerprint density at radius 2 is 1.89 bits per heavy atom. The molecule has 5 heteroatoms. The zero-order chi connectivity index (χ0) is 13.0. The summed E-state index contributed by atoms with van der Waals surface area (Å²) in [7, 11) is 0. The van der Waals surface area contributed by atoms with E-state index < -0.39 is 26.2 Å². The molecule has 0 aromatic heterocycles. The maximum absolute atomic E-state index is 11.9. The van der Waals surface area contributed by atoms with Gasteiger partial charge in [0, 0.05) is 0 Å². The fraction of sp³-hybridized carbons (Fsp3) is 0.462. The minimum absolute atomic E-state index is 0.355. The standard InChI is InChI=1S/C13H16O4Se/c14-13(10-6-2-1-3-7-10)17-11-8-4-5-9-12(11)18(15)16/h1-3,6-7,11-12H,4-5,8-9H2,(H,15,16). The van der Waals surface area contributed by atoms with Gasteiger partial charge in [-0.3, -0.25) is 0 Å². The van der Waals surface area contributed by atoms with Crippen LogP contribution in [0.15, 0.2) is 30.3 Å². The predicted octanol–water partition coefficient (Wildman–Crippen LogP) is 2.07. The zero-order valence-corrected chi connectivity index (χ0v) is 11.7. The van der Waals surface area contributed by atoms with Gasteiger partial charge in [0.25, 0.3) is 0 Å². The first-order valence-corrected chi connectivity index (χ1v) is 8.49. The van der Waals surface area contributed by atoms with Gasteiger partial charge in [0.2, 0.25) is 0 Å². The first-order valence-electron chi connectivity index (χ1n) is 6.04. The Balaban J connectivity index is 2.03. The molecule has 1 aromatic carbocycles. The summed E-state index contributed by atoms with van der Waals surface area (Å²) in [6.07, 6.45) is 2.84. The van der Waals surface area contributed by atoms with Gasteiger partial charge in [0.05, 0.1) is 0 Å². The topological polar surface area (TPSA) is 63.6 Å². The summed E-state index contributed by atoms with van der Waals surface area (Å²) >= 11 is -2.86. The predicted molar refractivity (Wildman–Crippen MR) is 66.5 cm³/mol. The van der Waals surface area contributed by atoms with E-state index in [2.05, 4.69) is 0 Å². The Morgan fingerprint density at radius 3 is 2.56 bits per heavy atom. The van der Waals surface area contributed by atoms with Crippen molar-refractivity contribution < 1.29 is 17.6 Å². The summed E-state index contributed by atoms with van der Waals surface area (Å²) in [5.41, 5.74) is 0.488. The molecular formula is C13H16O4Se. The van der Waals surface area contributed by atoms with Crippen molar-refractivity contribution >= 4 is 20.1 Å². The number of ether oxygens (including phenoxy) is 1. The van der Waals surface area contributed by atoms with Crippen molar-refractivity contribution in [2.45, 2.75) is 36.6 Å². The number of carbonyl (C=O) groups excluding carboxylic acids is 1. The van der Waals surface area contributed by atoms with E-state index in [4.69, 9.17) is 4.74 Å². The number of hydrogen-bond acceptors (Lipinski definition) is 3. The van der Waals surface area contributed by atoms with Crippen molar-refractivity contribution in [2.75, 3.05) is 0 Å². The van der Waals surface area contributed by atoms with Gasteiger partial charge in [-0.05, 0) is 0 Å². The Labute approximate surface area is 110 Å². The van der Waals surface area contributed by atoms with Crippen molar-refractivity contribution in [1.82, 2.24) is 0 Å². The zero-order valence-electron chi connectivity index (χ0n) is 9.95. The molecule has 0 bridgehead atoms. The fourth-order valence-corrected chi connectivity index (χ4v) is 3.93. The van der Waals surface area contributed by atoms with Gasteiger partial charge >= 0.3 is 110 Å². The average molecular weight is 315 g/mol. The number of benzene rings is 1. The summed E-state index contributed by atoms with van der Waals surface area (Å²) in [4.78, 5) is 11.5. The number of hydrogen-bond donors (Lipinski definition) is 1. The third-order valence-electron chi connectivity index (χ3n) is 3.17. The van der Waals surface area contributed by atoms with Crippen LogP contribution in [0.25, 0.3) is 0 Å². The van der Waals surface area contributed by atoms with Crippen LogP contribution >= 0.6 is 0 Å². The van der Waals surface area contributed by atoms with Crippen LogP contribution in [0.3, 0.4) is 0 Å². The van der Waals surface area contributed by atoms with Gasteiger partial charge in [-0.15, -0.1) is 0 Å². The van der Waals surface area contributed by atoms with Crippen molar-refractivity contribution in [3.63, 3.8) is 0 Å². The molecule has 1 N–H and O–H groups in total. The van der Waals surface area contributed by atoms with E-state index >= 15 is 0 Å². The van der Waals surface area contributed by atoms with Crippen molar-refractivity contribution in [1.29, 1.82) is 0 Å².